The van der Waals surface area contributed by atoms with Gasteiger partial charge >= 0.3 is 0 Å². The van der Waals surface area contributed by atoms with Crippen LogP contribution in [0, 0.1) is 0 Å². The van der Waals surface area contributed by atoms with E-state index in [-0.39, 0.29) is 5.56 Å². The largest absolute Gasteiger partial charge is 0.276 e. The molecule has 0 aliphatic carbocycles. The normalized spacial score (nSPS) is 11.8. The monoisotopic (exact) mass is 749 g/mol. The van der Waals surface area contributed by atoms with Crippen LogP contribution in [0.2, 0.25) is 0 Å². The van der Waals surface area contributed by atoms with Crippen molar-refractivity contribution in [3.8, 4) is 39.1 Å². The molecule has 0 atom stereocenters. The van der Waals surface area contributed by atoms with Gasteiger partial charge in [0, 0.05) is 16.5 Å². The van der Waals surface area contributed by atoms with Crippen molar-refractivity contribution in [2.45, 2.75) is 0 Å². The molecular weight excluding hydrogens is 715 g/mol. The van der Waals surface area contributed by atoms with Gasteiger partial charge in [0.05, 0.1) is 5.52 Å². The van der Waals surface area contributed by atoms with E-state index in [1.807, 2.05) is 47.0 Å². The average Bonchev–Trinajstić information content (AvgIpc) is 3.30. The number of aromatic nitrogens is 1. The van der Waals surface area contributed by atoms with Crippen LogP contribution < -0.4 is 5.56 Å². The fraction of sp³-hybridized carbons (Fsp3) is 0. The lowest BCUT2D eigenvalue weighted by Gasteiger charge is -2.20. The van der Waals surface area contributed by atoms with Crippen LogP contribution in [0.5, 0.6) is 0 Å². The van der Waals surface area contributed by atoms with Gasteiger partial charge in [-0.1, -0.05) is 182 Å². The number of benzene rings is 11. The van der Waals surface area contributed by atoms with Crippen molar-refractivity contribution >= 4 is 75.5 Å². The van der Waals surface area contributed by atoms with Gasteiger partial charge in [0.25, 0.3) is 5.56 Å². The van der Waals surface area contributed by atoms with Gasteiger partial charge in [0.2, 0.25) is 0 Å². The molecule has 0 spiro atoms. The Morgan fingerprint density at radius 1 is 0.288 bits per heavy atom. The van der Waals surface area contributed by atoms with E-state index in [4.69, 9.17) is 0 Å². The molecule has 0 amide bonds. The fourth-order valence-corrected chi connectivity index (χ4v) is 9.83. The number of nitrogens with zero attached hydrogens (tertiary/aromatic N) is 1. The highest BCUT2D eigenvalue weighted by Gasteiger charge is 2.20. The third kappa shape index (κ3) is 5.03. The fourth-order valence-electron chi connectivity index (χ4n) is 9.83. The number of pyridine rings is 1. The summed E-state index contributed by atoms with van der Waals surface area (Å²) in [6.07, 6.45) is 0. The van der Waals surface area contributed by atoms with Crippen LogP contribution in [-0.2, 0) is 0 Å². The van der Waals surface area contributed by atoms with Crippen molar-refractivity contribution in [1.82, 2.24) is 4.57 Å². The van der Waals surface area contributed by atoms with Gasteiger partial charge in [-0.3, -0.25) is 9.36 Å². The number of hydrogen-bond donors (Lipinski definition) is 0. The van der Waals surface area contributed by atoms with Gasteiger partial charge in [-0.15, -0.1) is 0 Å². The number of rotatable bonds is 4. The SMILES string of the molecule is O=c1c2ccccc2c2ccccc2n1-c1ccc(-c2c3ccccc3cc3c2ccc2c(-c4c5ccccc5c(-c5ccccc5)c5ccccc45)cccc23)cc1. The van der Waals surface area contributed by atoms with Crippen molar-refractivity contribution in [2.24, 2.45) is 0 Å². The van der Waals surface area contributed by atoms with E-state index in [0.717, 1.165) is 32.9 Å². The minimum Gasteiger partial charge on any atom is -0.276 e. The third-order valence-electron chi connectivity index (χ3n) is 12.4. The Morgan fingerprint density at radius 3 is 1.47 bits per heavy atom. The molecule has 59 heavy (non-hydrogen) atoms. The summed E-state index contributed by atoms with van der Waals surface area (Å²) in [6, 6.07) is 75.7. The highest BCUT2D eigenvalue weighted by molar-refractivity contribution is 6.26. The van der Waals surface area contributed by atoms with E-state index >= 15 is 0 Å². The molecule has 2 heteroatoms. The van der Waals surface area contributed by atoms with Gasteiger partial charge in [0.1, 0.15) is 0 Å². The quantitative estimate of drug-likeness (QED) is 0.130. The highest BCUT2D eigenvalue weighted by atomic mass is 16.1. The van der Waals surface area contributed by atoms with E-state index in [1.165, 1.54) is 81.7 Å². The van der Waals surface area contributed by atoms with Crippen molar-refractivity contribution < 1.29 is 0 Å². The van der Waals surface area contributed by atoms with E-state index < -0.39 is 0 Å². The van der Waals surface area contributed by atoms with Crippen molar-refractivity contribution in [3.63, 3.8) is 0 Å². The van der Waals surface area contributed by atoms with E-state index in [9.17, 15) is 4.79 Å². The Hall–Kier alpha value is -7.81. The Morgan fingerprint density at radius 2 is 0.763 bits per heavy atom. The first-order valence-electron chi connectivity index (χ1n) is 20.2. The molecule has 0 N–H and O–H groups in total. The van der Waals surface area contributed by atoms with Crippen LogP contribution in [0.4, 0.5) is 0 Å². The minimum absolute atomic E-state index is 0.0137. The molecule has 1 heterocycles. The lowest BCUT2D eigenvalue weighted by Crippen LogP contribution is -2.19. The molecular formula is C57H35NO. The summed E-state index contributed by atoms with van der Waals surface area (Å²) in [6.45, 7) is 0. The summed E-state index contributed by atoms with van der Waals surface area (Å²) in [7, 11) is 0. The van der Waals surface area contributed by atoms with Gasteiger partial charge in [-0.2, -0.15) is 0 Å². The second kappa shape index (κ2) is 13.1. The predicted octanol–water partition coefficient (Wildman–Crippen LogP) is 14.9. The van der Waals surface area contributed by atoms with Crippen molar-refractivity contribution in [2.75, 3.05) is 0 Å². The van der Waals surface area contributed by atoms with Crippen LogP contribution in [0.1, 0.15) is 0 Å². The zero-order valence-electron chi connectivity index (χ0n) is 32.1. The number of para-hydroxylation sites is 1. The molecule has 0 aliphatic rings. The summed E-state index contributed by atoms with van der Waals surface area (Å²) in [5.41, 5.74) is 9.01. The second-order valence-corrected chi connectivity index (χ2v) is 15.5. The van der Waals surface area contributed by atoms with Gasteiger partial charge in [0.15, 0.2) is 0 Å². The summed E-state index contributed by atoms with van der Waals surface area (Å²) < 4.78 is 1.86. The molecule has 12 rings (SSSR count). The van der Waals surface area contributed by atoms with Crippen LogP contribution in [-0.4, -0.2) is 4.57 Å². The standard InChI is InChI=1S/C57H35NO/c59-57-51-25-11-6-19-42(51)44-20-12-13-28-53(44)58(57)39-31-29-37(30-32-39)54-40-18-5-4-17-38(40)35-52-41-26-14-27-45(43(41)33-34-50(52)54)56-48-23-9-7-21-46(48)55(36-15-2-1-3-16-36)47-22-8-10-24-49(47)56/h1-35H. The molecule has 0 saturated carbocycles. The number of fused-ring (bicyclic) bond motifs is 9. The second-order valence-electron chi connectivity index (χ2n) is 15.5. The maximum atomic E-state index is 14.1. The zero-order chi connectivity index (χ0) is 39.0. The van der Waals surface area contributed by atoms with E-state index in [2.05, 4.69) is 170 Å². The summed E-state index contributed by atoms with van der Waals surface area (Å²) in [4.78, 5) is 14.1. The van der Waals surface area contributed by atoms with Crippen molar-refractivity contribution in [3.05, 3.63) is 223 Å². The van der Waals surface area contributed by atoms with Crippen LogP contribution in [0.25, 0.3) is 115 Å². The lowest BCUT2D eigenvalue weighted by molar-refractivity contribution is 1.06. The third-order valence-corrected chi connectivity index (χ3v) is 12.4. The molecule has 0 fully saturated rings. The Labute approximate surface area is 340 Å². The lowest BCUT2D eigenvalue weighted by atomic mass is 9.83. The molecule has 274 valence electrons. The molecule has 0 radical (unpaired) electrons. The molecule has 12 aromatic rings. The summed E-state index contributed by atoms with van der Waals surface area (Å²) in [5.74, 6) is 0. The number of hydrogen-bond acceptors (Lipinski definition) is 1. The molecule has 0 aliphatic heterocycles. The predicted molar refractivity (Wildman–Crippen MR) is 251 cm³/mol. The maximum absolute atomic E-state index is 14.1. The van der Waals surface area contributed by atoms with Crippen LogP contribution in [0.15, 0.2) is 217 Å². The molecule has 11 aromatic carbocycles. The zero-order valence-corrected chi connectivity index (χ0v) is 32.1. The Bertz CT molecular complexity index is 3670. The average molecular weight is 750 g/mol. The molecule has 1 aromatic heterocycles. The first kappa shape index (κ1) is 33.3. The first-order valence-corrected chi connectivity index (χ1v) is 20.2. The first-order chi connectivity index (χ1) is 29.2. The maximum Gasteiger partial charge on any atom is 0.263 e. The van der Waals surface area contributed by atoms with Gasteiger partial charge in [-0.05, 0) is 123 Å². The molecule has 2 nitrogen and oxygen atoms in total. The topological polar surface area (TPSA) is 22.0 Å². The van der Waals surface area contributed by atoms with Gasteiger partial charge in [-0.25, -0.2) is 0 Å². The van der Waals surface area contributed by atoms with Gasteiger partial charge < -0.3 is 0 Å². The minimum atomic E-state index is -0.0137. The van der Waals surface area contributed by atoms with Crippen molar-refractivity contribution in [1.29, 1.82) is 0 Å². The molecule has 0 unspecified atom stereocenters. The highest BCUT2D eigenvalue weighted by Crippen LogP contribution is 2.47. The van der Waals surface area contributed by atoms with Crippen LogP contribution in [0.3, 0.4) is 0 Å². The molecule has 0 saturated heterocycles. The summed E-state index contributed by atoms with van der Waals surface area (Å²) >= 11 is 0. The van der Waals surface area contributed by atoms with Crippen LogP contribution >= 0.6 is 0 Å². The van der Waals surface area contributed by atoms with E-state index in [1.54, 1.807) is 0 Å². The Balaban J connectivity index is 1.09. The summed E-state index contributed by atoms with van der Waals surface area (Å²) in [5, 5.41) is 15.0. The smallest absolute Gasteiger partial charge is 0.263 e. The van der Waals surface area contributed by atoms with E-state index in [0.29, 0.717) is 0 Å². The molecule has 0 bridgehead atoms. The Kier molecular flexibility index (Phi) is 7.42.